The first kappa shape index (κ1) is 8.84. The van der Waals surface area contributed by atoms with Gasteiger partial charge in [-0.05, 0) is 18.2 Å². The molecule has 0 fully saturated rings. The van der Waals surface area contributed by atoms with Crippen LogP contribution in [0.4, 0.5) is 4.79 Å². The van der Waals surface area contributed by atoms with Crippen molar-refractivity contribution in [3.05, 3.63) is 36.8 Å². The molecule has 0 aliphatic carbocycles. The average molecular weight is 212 g/mol. The molecule has 16 heavy (non-hydrogen) atoms. The van der Waals surface area contributed by atoms with Crippen LogP contribution in [0.25, 0.3) is 21.7 Å². The van der Waals surface area contributed by atoms with Crippen LogP contribution in [-0.4, -0.2) is 20.8 Å². The molecule has 0 spiro atoms. The molecule has 0 radical (unpaired) electrons. The highest BCUT2D eigenvalue weighted by Gasteiger charge is 2.06. The molecule has 0 saturated carbocycles. The van der Waals surface area contributed by atoms with Gasteiger partial charge in [0.1, 0.15) is 0 Å². The normalized spacial score (nSPS) is 11.0. The summed E-state index contributed by atoms with van der Waals surface area (Å²) in [5.74, 6) is 0. The quantitative estimate of drug-likeness (QED) is 0.613. The van der Waals surface area contributed by atoms with Gasteiger partial charge in [0.15, 0.2) is 0 Å². The molecular weight excluding hydrogens is 204 g/mol. The van der Waals surface area contributed by atoms with Gasteiger partial charge in [-0.25, -0.2) is 4.79 Å². The summed E-state index contributed by atoms with van der Waals surface area (Å²) >= 11 is 0. The van der Waals surface area contributed by atoms with Crippen molar-refractivity contribution in [2.75, 3.05) is 0 Å². The van der Waals surface area contributed by atoms with E-state index in [1.165, 1.54) is 4.57 Å². The molecule has 0 aliphatic rings. The predicted molar refractivity (Wildman–Crippen MR) is 60.0 cm³/mol. The lowest BCUT2D eigenvalue weighted by Gasteiger charge is -2.00. The highest BCUT2D eigenvalue weighted by molar-refractivity contribution is 6.00. The molecule has 0 saturated heterocycles. The first-order valence-electron chi connectivity index (χ1n) is 4.77. The lowest BCUT2D eigenvalue weighted by Crippen LogP contribution is -2.17. The van der Waals surface area contributed by atoms with E-state index in [4.69, 9.17) is 5.73 Å². The van der Waals surface area contributed by atoms with Crippen molar-refractivity contribution < 1.29 is 4.79 Å². The Kier molecular flexibility index (Phi) is 1.67. The first-order valence-corrected chi connectivity index (χ1v) is 4.77. The molecule has 0 atom stereocenters. The van der Waals surface area contributed by atoms with Crippen LogP contribution in [0.2, 0.25) is 0 Å². The van der Waals surface area contributed by atoms with E-state index in [1.807, 2.05) is 18.2 Å². The van der Waals surface area contributed by atoms with Gasteiger partial charge in [0.2, 0.25) is 0 Å². The molecule has 1 aromatic carbocycles. The van der Waals surface area contributed by atoms with Gasteiger partial charge in [-0.15, -0.1) is 0 Å². The number of fused-ring (bicyclic) bond motifs is 2. The van der Waals surface area contributed by atoms with Crippen molar-refractivity contribution in [2.24, 2.45) is 5.73 Å². The van der Waals surface area contributed by atoms with Gasteiger partial charge in [-0.3, -0.25) is 4.57 Å². The predicted octanol–water partition coefficient (Wildman–Crippen LogP) is 1.51. The Balaban J connectivity index is 2.45. The minimum absolute atomic E-state index is 0.489. The zero-order chi connectivity index (χ0) is 11.1. The van der Waals surface area contributed by atoms with Crippen LogP contribution in [-0.2, 0) is 0 Å². The number of aromatic nitrogens is 3. The number of carbonyl (C=O) groups excluding carboxylic acids is 1. The fourth-order valence-electron chi connectivity index (χ4n) is 1.82. The second-order valence-corrected chi connectivity index (χ2v) is 3.55. The fraction of sp³-hybridized carbons (Fsp3) is 0. The van der Waals surface area contributed by atoms with E-state index in [9.17, 15) is 4.79 Å². The summed E-state index contributed by atoms with van der Waals surface area (Å²) in [6, 6.07) is 5.19. The lowest BCUT2D eigenvalue weighted by molar-refractivity contribution is 0.251. The average Bonchev–Trinajstić information content (AvgIpc) is 2.68. The van der Waals surface area contributed by atoms with Crippen LogP contribution in [0.1, 0.15) is 0 Å². The first-order chi connectivity index (χ1) is 7.75. The number of amides is 1. The minimum atomic E-state index is -0.489. The van der Waals surface area contributed by atoms with E-state index in [-0.39, 0.29) is 0 Å². The summed E-state index contributed by atoms with van der Waals surface area (Å²) in [6.07, 6.45) is 5.01. The summed E-state index contributed by atoms with van der Waals surface area (Å²) in [5, 5.41) is 10.5. The molecule has 5 heteroatoms. The molecular formula is C11H8N4O. The number of primary amides is 1. The molecule has 5 nitrogen and oxygen atoms in total. The highest BCUT2D eigenvalue weighted by Crippen LogP contribution is 2.22. The van der Waals surface area contributed by atoms with Crippen LogP contribution in [0.15, 0.2) is 36.8 Å². The smallest absolute Gasteiger partial charge is 0.323 e. The molecule has 2 heterocycles. The molecule has 3 aromatic rings. The van der Waals surface area contributed by atoms with Gasteiger partial charge < -0.3 is 5.73 Å². The Morgan fingerprint density at radius 2 is 1.81 bits per heavy atom. The van der Waals surface area contributed by atoms with Crippen LogP contribution in [0.5, 0.6) is 0 Å². The fourth-order valence-corrected chi connectivity index (χ4v) is 1.82. The zero-order valence-corrected chi connectivity index (χ0v) is 8.29. The van der Waals surface area contributed by atoms with E-state index in [0.717, 1.165) is 21.7 Å². The maximum Gasteiger partial charge on any atom is 0.323 e. The topological polar surface area (TPSA) is 73.8 Å². The van der Waals surface area contributed by atoms with Crippen molar-refractivity contribution in [3.8, 4) is 0 Å². The molecule has 78 valence electrons. The van der Waals surface area contributed by atoms with Crippen LogP contribution in [0, 0.1) is 0 Å². The van der Waals surface area contributed by atoms with Crippen molar-refractivity contribution >= 4 is 27.7 Å². The largest absolute Gasteiger partial charge is 0.351 e. The van der Waals surface area contributed by atoms with Gasteiger partial charge >= 0.3 is 6.03 Å². The number of nitrogens with two attached hydrogens (primary N) is 1. The Hall–Kier alpha value is -2.43. The molecule has 3 rings (SSSR count). The molecule has 2 N–H and O–H groups in total. The third-order valence-electron chi connectivity index (χ3n) is 2.59. The van der Waals surface area contributed by atoms with E-state index in [1.54, 1.807) is 18.6 Å². The van der Waals surface area contributed by atoms with Crippen LogP contribution in [0.3, 0.4) is 0 Å². The number of rotatable bonds is 0. The Morgan fingerprint density at radius 1 is 1.12 bits per heavy atom. The van der Waals surface area contributed by atoms with Crippen LogP contribution < -0.4 is 5.73 Å². The van der Waals surface area contributed by atoms with E-state index >= 15 is 0 Å². The molecule has 1 amide bonds. The molecule has 0 bridgehead atoms. The molecule has 0 unspecified atom stereocenters. The number of hydrogen-bond acceptors (Lipinski definition) is 3. The van der Waals surface area contributed by atoms with Gasteiger partial charge in [0.25, 0.3) is 0 Å². The lowest BCUT2D eigenvalue weighted by atomic mass is 10.1. The monoisotopic (exact) mass is 212 g/mol. The minimum Gasteiger partial charge on any atom is -0.351 e. The summed E-state index contributed by atoms with van der Waals surface area (Å²) in [6.45, 7) is 0. The summed E-state index contributed by atoms with van der Waals surface area (Å²) < 4.78 is 1.41. The van der Waals surface area contributed by atoms with Crippen molar-refractivity contribution in [1.29, 1.82) is 0 Å². The van der Waals surface area contributed by atoms with Gasteiger partial charge in [-0.2, -0.15) is 10.2 Å². The summed E-state index contributed by atoms with van der Waals surface area (Å²) in [4.78, 5) is 11.2. The van der Waals surface area contributed by atoms with Crippen molar-refractivity contribution in [3.63, 3.8) is 0 Å². The Morgan fingerprint density at radius 3 is 2.50 bits per heavy atom. The third-order valence-corrected chi connectivity index (χ3v) is 2.59. The van der Waals surface area contributed by atoms with E-state index in [0.29, 0.717) is 0 Å². The molecule has 0 aliphatic heterocycles. The van der Waals surface area contributed by atoms with Crippen molar-refractivity contribution in [1.82, 2.24) is 14.8 Å². The number of hydrogen-bond donors (Lipinski definition) is 1. The van der Waals surface area contributed by atoms with Gasteiger partial charge in [0, 0.05) is 22.4 Å². The standard InChI is InChI=1S/C11H8N4O/c12-11(16)15-2-1-7-3-8-5-13-14-6-9(8)4-10(7)15/h1-6H,(H2,12,16). The maximum atomic E-state index is 11.2. The van der Waals surface area contributed by atoms with Crippen molar-refractivity contribution in [2.45, 2.75) is 0 Å². The zero-order valence-electron chi connectivity index (χ0n) is 8.29. The summed E-state index contributed by atoms with van der Waals surface area (Å²) in [5.41, 5.74) is 6.05. The number of benzene rings is 1. The molecule has 2 aromatic heterocycles. The Labute approximate surface area is 90.5 Å². The van der Waals surface area contributed by atoms with Gasteiger partial charge in [-0.1, -0.05) is 0 Å². The number of nitrogens with zero attached hydrogens (tertiary/aromatic N) is 3. The van der Waals surface area contributed by atoms with E-state index in [2.05, 4.69) is 10.2 Å². The van der Waals surface area contributed by atoms with Crippen LogP contribution >= 0.6 is 0 Å². The van der Waals surface area contributed by atoms with Gasteiger partial charge in [0.05, 0.1) is 17.9 Å². The highest BCUT2D eigenvalue weighted by atomic mass is 16.2. The van der Waals surface area contributed by atoms with E-state index < -0.39 is 6.03 Å². The Bertz CT molecular complexity index is 701. The SMILES string of the molecule is NC(=O)n1ccc2cc3cnncc3cc21. The maximum absolute atomic E-state index is 11.2. The number of carbonyl (C=O) groups is 1. The summed E-state index contributed by atoms with van der Waals surface area (Å²) in [7, 11) is 0. The second kappa shape index (κ2) is 3.03. The second-order valence-electron chi connectivity index (χ2n) is 3.55. The third kappa shape index (κ3) is 1.15.